The lowest BCUT2D eigenvalue weighted by Gasteiger charge is -2.12. The van der Waals surface area contributed by atoms with Crippen LogP contribution in [0.4, 0.5) is 5.69 Å². The van der Waals surface area contributed by atoms with Gasteiger partial charge in [0, 0.05) is 28.4 Å². The highest BCUT2D eigenvalue weighted by atomic mass is 16.4. The number of nitrogen functional groups attached to an aromatic ring is 1. The molecule has 33 heavy (non-hydrogen) atoms. The van der Waals surface area contributed by atoms with Crippen LogP contribution in [0.25, 0.3) is 0 Å². The smallest absolute Gasteiger partial charge is 0.336 e. The van der Waals surface area contributed by atoms with Crippen molar-refractivity contribution in [2.75, 3.05) is 5.73 Å². The number of para-hydroxylation sites is 2. The number of nitrogens with two attached hydrogens (primary N) is 1. The van der Waals surface area contributed by atoms with Crippen LogP contribution >= 0.6 is 0 Å². The maximum atomic E-state index is 13.0. The minimum absolute atomic E-state index is 0.0237. The number of phenolic OH excluding ortho intramolecular Hbond substituents is 1. The molecule has 0 fully saturated rings. The molecular weight excluding hydrogens is 418 g/mol. The first-order chi connectivity index (χ1) is 15.9. The predicted octanol–water partition coefficient (Wildman–Crippen LogP) is 4.62. The molecule has 6 nitrogen and oxygen atoms in total. The van der Waals surface area contributed by atoms with Gasteiger partial charge in [-0.1, -0.05) is 72.8 Å². The van der Waals surface area contributed by atoms with Gasteiger partial charge in [0.2, 0.25) is 0 Å². The molecule has 0 aliphatic rings. The van der Waals surface area contributed by atoms with E-state index in [9.17, 15) is 24.6 Å². The van der Waals surface area contributed by atoms with Crippen LogP contribution in [0.15, 0.2) is 97.1 Å². The number of benzene rings is 4. The number of carboxylic acids is 1. The second-order valence-electron chi connectivity index (χ2n) is 6.89. The molecule has 4 N–H and O–H groups in total. The van der Waals surface area contributed by atoms with Crippen LogP contribution in [-0.4, -0.2) is 27.7 Å². The lowest BCUT2D eigenvalue weighted by molar-refractivity contribution is 0.0692. The Hall–Kier alpha value is -4.71. The lowest BCUT2D eigenvalue weighted by atomic mass is 9.89. The zero-order chi connectivity index (χ0) is 23.8. The maximum Gasteiger partial charge on any atom is 0.336 e. The molecule has 0 unspecified atom stereocenters. The zero-order valence-corrected chi connectivity index (χ0v) is 17.4. The van der Waals surface area contributed by atoms with Crippen LogP contribution in [0.5, 0.6) is 5.75 Å². The highest BCUT2D eigenvalue weighted by Gasteiger charge is 2.26. The van der Waals surface area contributed by atoms with Crippen LogP contribution in [-0.2, 0) is 0 Å². The van der Waals surface area contributed by atoms with Gasteiger partial charge in [0.25, 0.3) is 0 Å². The molecule has 4 aromatic carbocycles. The molecule has 0 saturated carbocycles. The Balaban J connectivity index is 0.000000374. The molecule has 0 heterocycles. The van der Waals surface area contributed by atoms with Crippen molar-refractivity contribution in [3.8, 4) is 5.75 Å². The average molecular weight is 438 g/mol. The number of aromatic hydroxyl groups is 1. The van der Waals surface area contributed by atoms with Gasteiger partial charge in [0.1, 0.15) is 5.75 Å². The molecule has 1 radical (unpaired) electrons. The standard InChI is InChI=1S/C21H14O5.C6H6N/c22-17-12-5-4-9-14(17)20(24)18-15(10-6-11-16(18)21(25)26)19(23)13-7-2-1-3-8-13;7-6-4-2-1-3-5-6/h1-12,22H,(H,25,26);1-4H,7H2. The molecule has 0 aliphatic heterocycles. The van der Waals surface area contributed by atoms with Crippen molar-refractivity contribution < 1.29 is 24.6 Å². The molecule has 0 saturated heterocycles. The molecule has 0 amide bonds. The topological polar surface area (TPSA) is 118 Å². The van der Waals surface area contributed by atoms with Crippen LogP contribution in [0.1, 0.15) is 42.2 Å². The Morgan fingerprint density at radius 3 is 1.85 bits per heavy atom. The summed E-state index contributed by atoms with van der Waals surface area (Å²) in [5.74, 6) is -2.80. The largest absolute Gasteiger partial charge is 0.507 e. The lowest BCUT2D eigenvalue weighted by Crippen LogP contribution is -2.16. The zero-order valence-electron chi connectivity index (χ0n) is 17.4. The summed E-state index contributed by atoms with van der Waals surface area (Å²) in [5.41, 5.74) is 5.71. The number of carbonyl (C=O) groups is 3. The maximum absolute atomic E-state index is 13.0. The molecular formula is C27H20NO5. The summed E-state index contributed by atoms with van der Waals surface area (Å²) in [5, 5.41) is 19.4. The van der Waals surface area contributed by atoms with Crippen molar-refractivity contribution in [2.45, 2.75) is 0 Å². The van der Waals surface area contributed by atoms with E-state index >= 15 is 0 Å². The first-order valence-corrected chi connectivity index (χ1v) is 9.91. The van der Waals surface area contributed by atoms with E-state index in [1.165, 1.54) is 30.3 Å². The van der Waals surface area contributed by atoms with Crippen molar-refractivity contribution >= 4 is 23.2 Å². The minimum atomic E-state index is -1.33. The van der Waals surface area contributed by atoms with E-state index in [2.05, 4.69) is 6.07 Å². The van der Waals surface area contributed by atoms with Gasteiger partial charge in [0.15, 0.2) is 11.6 Å². The molecule has 163 valence electrons. The molecule has 0 atom stereocenters. The SMILES string of the molecule is Nc1[c]cccc1.O=C(O)c1cccc(C(=O)c2ccccc2)c1C(=O)c1ccccc1O. The highest BCUT2D eigenvalue weighted by molar-refractivity contribution is 6.23. The van der Waals surface area contributed by atoms with Gasteiger partial charge in [-0.05, 0) is 24.3 Å². The summed E-state index contributed by atoms with van der Waals surface area (Å²) in [6.07, 6.45) is 0. The number of carboxylic acid groups (broad SMARTS) is 1. The third-order valence-corrected chi connectivity index (χ3v) is 4.68. The van der Waals surface area contributed by atoms with Gasteiger partial charge < -0.3 is 15.9 Å². The minimum Gasteiger partial charge on any atom is -0.507 e. The second kappa shape index (κ2) is 10.5. The third kappa shape index (κ3) is 5.51. The van der Waals surface area contributed by atoms with Crippen LogP contribution in [0.3, 0.4) is 0 Å². The van der Waals surface area contributed by atoms with Crippen LogP contribution in [0.2, 0.25) is 0 Å². The Morgan fingerprint density at radius 2 is 1.27 bits per heavy atom. The first-order valence-electron chi connectivity index (χ1n) is 9.91. The Bertz CT molecular complexity index is 1280. The Kier molecular flexibility index (Phi) is 7.34. The summed E-state index contributed by atoms with van der Waals surface area (Å²) < 4.78 is 0. The summed E-state index contributed by atoms with van der Waals surface area (Å²) >= 11 is 0. The van der Waals surface area contributed by atoms with E-state index in [-0.39, 0.29) is 28.0 Å². The third-order valence-electron chi connectivity index (χ3n) is 4.68. The Morgan fingerprint density at radius 1 is 0.667 bits per heavy atom. The van der Waals surface area contributed by atoms with E-state index in [1.54, 1.807) is 54.6 Å². The van der Waals surface area contributed by atoms with Crippen LogP contribution < -0.4 is 5.73 Å². The quantitative estimate of drug-likeness (QED) is 0.309. The number of rotatable bonds is 5. The first kappa shape index (κ1) is 23.0. The van der Waals surface area contributed by atoms with E-state index in [1.807, 2.05) is 12.1 Å². The van der Waals surface area contributed by atoms with Crippen molar-refractivity contribution in [2.24, 2.45) is 0 Å². The van der Waals surface area contributed by atoms with Crippen LogP contribution in [0, 0.1) is 6.07 Å². The average Bonchev–Trinajstić information content (AvgIpc) is 2.84. The van der Waals surface area contributed by atoms with Gasteiger partial charge in [0.05, 0.1) is 11.1 Å². The monoisotopic (exact) mass is 438 g/mol. The van der Waals surface area contributed by atoms with Crippen molar-refractivity contribution in [1.29, 1.82) is 0 Å². The summed E-state index contributed by atoms with van der Waals surface area (Å²) in [4.78, 5) is 37.5. The molecule has 4 rings (SSSR count). The molecule has 0 spiro atoms. The Labute approximate surface area is 190 Å². The number of ketones is 2. The molecule has 6 heteroatoms. The summed E-state index contributed by atoms with van der Waals surface area (Å²) in [6.45, 7) is 0. The molecule has 0 bridgehead atoms. The van der Waals surface area contributed by atoms with E-state index < -0.39 is 17.5 Å². The van der Waals surface area contributed by atoms with Gasteiger partial charge in [-0.25, -0.2) is 4.79 Å². The van der Waals surface area contributed by atoms with E-state index in [0.717, 1.165) is 0 Å². The van der Waals surface area contributed by atoms with E-state index in [0.29, 0.717) is 11.3 Å². The number of hydrogen-bond donors (Lipinski definition) is 3. The highest BCUT2D eigenvalue weighted by Crippen LogP contribution is 2.26. The van der Waals surface area contributed by atoms with Crippen molar-refractivity contribution in [3.63, 3.8) is 0 Å². The van der Waals surface area contributed by atoms with Crippen molar-refractivity contribution in [3.05, 3.63) is 131 Å². The molecule has 0 aromatic heterocycles. The fourth-order valence-electron chi connectivity index (χ4n) is 3.12. The number of anilines is 1. The molecule has 0 aliphatic carbocycles. The summed E-state index contributed by atoms with van der Waals surface area (Å²) in [6, 6.07) is 28.3. The van der Waals surface area contributed by atoms with Crippen molar-refractivity contribution in [1.82, 2.24) is 0 Å². The number of carbonyl (C=O) groups excluding carboxylic acids is 2. The van der Waals surface area contributed by atoms with E-state index in [4.69, 9.17) is 5.73 Å². The number of phenols is 1. The summed E-state index contributed by atoms with van der Waals surface area (Å²) in [7, 11) is 0. The normalized spacial score (nSPS) is 9.94. The second-order valence-corrected chi connectivity index (χ2v) is 6.89. The van der Waals surface area contributed by atoms with Gasteiger partial charge in [-0.15, -0.1) is 0 Å². The predicted molar refractivity (Wildman–Crippen MR) is 125 cm³/mol. The van der Waals surface area contributed by atoms with Gasteiger partial charge in [-0.3, -0.25) is 9.59 Å². The number of aromatic carboxylic acids is 1. The van der Waals surface area contributed by atoms with Gasteiger partial charge in [-0.2, -0.15) is 0 Å². The fourth-order valence-corrected chi connectivity index (χ4v) is 3.12. The van der Waals surface area contributed by atoms with Gasteiger partial charge >= 0.3 is 5.97 Å². The fraction of sp³-hybridized carbons (Fsp3) is 0. The molecule has 4 aromatic rings. The number of hydrogen-bond acceptors (Lipinski definition) is 5.